The third kappa shape index (κ3) is 1.79. The molecule has 0 N–H and O–H groups in total. The Kier molecular flexibility index (Phi) is 2.95. The number of hydrogen-bond acceptors (Lipinski definition) is 1. The number of halogens is 1. The minimum absolute atomic E-state index is 0.0952. The van der Waals surface area contributed by atoms with Gasteiger partial charge in [0.05, 0.1) is 11.1 Å². The summed E-state index contributed by atoms with van der Waals surface area (Å²) in [7, 11) is 5.18. The lowest BCUT2D eigenvalue weighted by molar-refractivity contribution is 0.0829. The molecular formula is C14H15FN2O. The molecule has 4 heteroatoms. The van der Waals surface area contributed by atoms with Crippen LogP contribution in [-0.2, 0) is 7.05 Å². The first-order chi connectivity index (χ1) is 8.45. The maximum Gasteiger partial charge on any atom is 0.255 e. The van der Waals surface area contributed by atoms with Gasteiger partial charge in [-0.05, 0) is 12.1 Å². The minimum Gasteiger partial charge on any atom is -0.350 e. The van der Waals surface area contributed by atoms with Gasteiger partial charge in [-0.3, -0.25) is 4.79 Å². The molecule has 94 valence electrons. The third-order valence-corrected chi connectivity index (χ3v) is 2.96. The van der Waals surface area contributed by atoms with E-state index in [1.165, 1.54) is 17.0 Å². The zero-order chi connectivity index (χ0) is 13.4. The van der Waals surface area contributed by atoms with Crippen molar-refractivity contribution in [2.45, 2.75) is 0 Å². The van der Waals surface area contributed by atoms with Crippen molar-refractivity contribution in [3.63, 3.8) is 0 Å². The Balaban J connectivity index is 2.77. The molecule has 18 heavy (non-hydrogen) atoms. The molecule has 1 aromatic carbocycles. The average Bonchev–Trinajstić information content (AvgIpc) is 2.64. The van der Waals surface area contributed by atoms with Crippen molar-refractivity contribution in [2.75, 3.05) is 14.1 Å². The van der Waals surface area contributed by atoms with Gasteiger partial charge in [0.2, 0.25) is 0 Å². The summed E-state index contributed by atoms with van der Waals surface area (Å²) in [5.74, 6) is -0.426. The fourth-order valence-electron chi connectivity index (χ4n) is 1.99. The van der Waals surface area contributed by atoms with Crippen LogP contribution in [0.3, 0.4) is 0 Å². The molecule has 0 aliphatic rings. The van der Waals surface area contributed by atoms with Crippen LogP contribution in [0.5, 0.6) is 0 Å². The molecule has 1 aromatic heterocycles. The maximum atomic E-state index is 13.7. The van der Waals surface area contributed by atoms with E-state index in [-0.39, 0.29) is 11.7 Å². The lowest BCUT2D eigenvalue weighted by Crippen LogP contribution is -2.21. The molecule has 0 radical (unpaired) electrons. The predicted octanol–water partition coefficient (Wildman–Crippen LogP) is 2.66. The second-order valence-electron chi connectivity index (χ2n) is 4.45. The molecule has 0 spiro atoms. The van der Waals surface area contributed by atoms with Gasteiger partial charge < -0.3 is 9.47 Å². The second kappa shape index (κ2) is 4.29. The van der Waals surface area contributed by atoms with Crippen LogP contribution in [0.1, 0.15) is 15.9 Å². The highest BCUT2D eigenvalue weighted by Crippen LogP contribution is 2.25. The number of benzene rings is 1. The van der Waals surface area contributed by atoms with Gasteiger partial charge in [-0.2, -0.15) is 0 Å². The zero-order valence-electron chi connectivity index (χ0n) is 10.7. The highest BCUT2D eigenvalue weighted by Gasteiger charge is 2.17. The van der Waals surface area contributed by atoms with Gasteiger partial charge in [-0.1, -0.05) is 12.7 Å². The summed E-state index contributed by atoms with van der Waals surface area (Å²) in [6, 6.07) is 3.09. The van der Waals surface area contributed by atoms with Gasteiger partial charge in [0, 0.05) is 38.3 Å². The number of rotatable bonds is 2. The van der Waals surface area contributed by atoms with Gasteiger partial charge >= 0.3 is 0 Å². The van der Waals surface area contributed by atoms with E-state index in [1.807, 2.05) is 0 Å². The Morgan fingerprint density at radius 2 is 2.11 bits per heavy atom. The van der Waals surface area contributed by atoms with Gasteiger partial charge in [-0.25, -0.2) is 4.39 Å². The van der Waals surface area contributed by atoms with E-state index in [2.05, 4.69) is 6.58 Å². The monoisotopic (exact) mass is 246 g/mol. The normalized spacial score (nSPS) is 10.7. The fraction of sp³-hybridized carbons (Fsp3) is 0.214. The molecule has 2 aromatic rings. The summed E-state index contributed by atoms with van der Waals surface area (Å²) in [6.45, 7) is 3.57. The van der Waals surface area contributed by atoms with Crippen molar-refractivity contribution in [1.82, 2.24) is 9.47 Å². The van der Waals surface area contributed by atoms with Crippen LogP contribution in [-0.4, -0.2) is 29.5 Å². The van der Waals surface area contributed by atoms with Crippen molar-refractivity contribution in [2.24, 2.45) is 7.05 Å². The number of fused-ring (bicyclic) bond motifs is 1. The maximum absolute atomic E-state index is 13.7. The Bertz CT molecular complexity index is 641. The van der Waals surface area contributed by atoms with Crippen molar-refractivity contribution >= 4 is 22.9 Å². The summed E-state index contributed by atoms with van der Waals surface area (Å²) in [4.78, 5) is 13.6. The molecule has 0 aliphatic heterocycles. The van der Waals surface area contributed by atoms with E-state index >= 15 is 0 Å². The summed E-state index contributed by atoms with van der Waals surface area (Å²) >= 11 is 0. The standard InChI is InChI=1S/C14H15FN2O/c1-5-9-6-10-11(14(18)16(2)3)8-17(4)13(10)7-12(9)15/h5-8H,1H2,2-4H3. The van der Waals surface area contributed by atoms with Crippen LogP contribution < -0.4 is 0 Å². The Morgan fingerprint density at radius 3 is 2.67 bits per heavy atom. The van der Waals surface area contributed by atoms with Crippen molar-refractivity contribution < 1.29 is 9.18 Å². The molecule has 0 aliphatic carbocycles. The summed E-state index contributed by atoms with van der Waals surface area (Å²) in [5.41, 5.74) is 1.67. The van der Waals surface area contributed by atoms with Gasteiger partial charge in [0.1, 0.15) is 5.82 Å². The van der Waals surface area contributed by atoms with Crippen molar-refractivity contribution in [3.8, 4) is 0 Å². The number of aryl methyl sites for hydroxylation is 1. The molecular weight excluding hydrogens is 231 g/mol. The van der Waals surface area contributed by atoms with Gasteiger partial charge in [-0.15, -0.1) is 0 Å². The average molecular weight is 246 g/mol. The summed E-state index contributed by atoms with van der Waals surface area (Å²) in [5, 5.41) is 0.743. The van der Waals surface area contributed by atoms with E-state index in [0.29, 0.717) is 16.6 Å². The van der Waals surface area contributed by atoms with Crippen LogP contribution in [0, 0.1) is 5.82 Å². The van der Waals surface area contributed by atoms with E-state index < -0.39 is 0 Å². The molecule has 0 unspecified atom stereocenters. The van der Waals surface area contributed by atoms with Crippen molar-refractivity contribution in [3.05, 3.63) is 41.9 Å². The summed E-state index contributed by atoms with van der Waals surface area (Å²) in [6.07, 6.45) is 3.17. The van der Waals surface area contributed by atoms with Crippen LogP contribution in [0.4, 0.5) is 4.39 Å². The molecule has 0 bridgehead atoms. The lowest BCUT2D eigenvalue weighted by Gasteiger charge is -2.09. The van der Waals surface area contributed by atoms with E-state index in [4.69, 9.17) is 0 Å². The van der Waals surface area contributed by atoms with Crippen LogP contribution in [0.25, 0.3) is 17.0 Å². The Morgan fingerprint density at radius 1 is 1.44 bits per heavy atom. The highest BCUT2D eigenvalue weighted by molar-refractivity contribution is 6.07. The first-order valence-corrected chi connectivity index (χ1v) is 5.58. The molecule has 0 fully saturated rings. The molecule has 0 atom stereocenters. The smallest absolute Gasteiger partial charge is 0.255 e. The van der Waals surface area contributed by atoms with Gasteiger partial charge in [0.25, 0.3) is 5.91 Å². The van der Waals surface area contributed by atoms with Crippen LogP contribution in [0.2, 0.25) is 0 Å². The predicted molar refractivity (Wildman–Crippen MR) is 71.0 cm³/mol. The minimum atomic E-state index is -0.331. The molecule has 3 nitrogen and oxygen atoms in total. The SMILES string of the molecule is C=Cc1cc2c(C(=O)N(C)C)cn(C)c2cc1F. The first-order valence-electron chi connectivity index (χ1n) is 5.58. The Labute approximate surface area is 105 Å². The third-order valence-electron chi connectivity index (χ3n) is 2.96. The molecule has 1 amide bonds. The van der Waals surface area contributed by atoms with Gasteiger partial charge in [0.15, 0.2) is 0 Å². The topological polar surface area (TPSA) is 25.2 Å². The zero-order valence-corrected chi connectivity index (χ0v) is 10.7. The molecule has 0 saturated heterocycles. The molecule has 2 rings (SSSR count). The number of carbonyl (C=O) groups excluding carboxylic acids is 1. The fourth-order valence-corrected chi connectivity index (χ4v) is 1.99. The number of carbonyl (C=O) groups is 1. The molecule has 0 saturated carbocycles. The summed E-state index contributed by atoms with van der Waals surface area (Å²) < 4.78 is 15.4. The number of amides is 1. The lowest BCUT2D eigenvalue weighted by atomic mass is 10.1. The molecule has 1 heterocycles. The van der Waals surface area contributed by atoms with Crippen LogP contribution >= 0.6 is 0 Å². The second-order valence-corrected chi connectivity index (χ2v) is 4.45. The Hall–Kier alpha value is -2.10. The first kappa shape index (κ1) is 12.4. The number of aromatic nitrogens is 1. The highest BCUT2D eigenvalue weighted by atomic mass is 19.1. The van der Waals surface area contributed by atoms with E-state index in [0.717, 1.165) is 5.39 Å². The largest absolute Gasteiger partial charge is 0.350 e. The van der Waals surface area contributed by atoms with Crippen molar-refractivity contribution in [1.29, 1.82) is 0 Å². The number of hydrogen-bond donors (Lipinski definition) is 0. The van der Waals surface area contributed by atoms with E-state index in [1.54, 1.807) is 38.0 Å². The quantitative estimate of drug-likeness (QED) is 0.799. The van der Waals surface area contributed by atoms with Crippen LogP contribution in [0.15, 0.2) is 24.9 Å². The van der Waals surface area contributed by atoms with E-state index in [9.17, 15) is 9.18 Å². The number of nitrogens with zero attached hydrogens (tertiary/aromatic N) is 2.